The largest absolute Gasteiger partial charge is 0.326 e. The third kappa shape index (κ3) is 4.39. The summed E-state index contributed by atoms with van der Waals surface area (Å²) in [5, 5.41) is 0.173. The molecular formula is C19H20BrNOS. The van der Waals surface area contributed by atoms with Crippen LogP contribution >= 0.6 is 27.7 Å². The number of aryl methyl sites for hydroxylation is 1. The molecule has 2 nitrogen and oxygen atoms in total. The van der Waals surface area contributed by atoms with Crippen molar-refractivity contribution in [3.63, 3.8) is 0 Å². The Morgan fingerprint density at radius 1 is 1.13 bits per heavy atom. The quantitative estimate of drug-likeness (QED) is 0.713. The molecule has 0 N–H and O–H groups in total. The van der Waals surface area contributed by atoms with Gasteiger partial charge in [0, 0.05) is 23.2 Å². The predicted octanol–water partition coefficient (Wildman–Crippen LogP) is 5.05. The molecule has 0 aromatic heterocycles. The molecule has 0 bridgehead atoms. The second-order valence-corrected chi connectivity index (χ2v) is 7.80. The van der Waals surface area contributed by atoms with E-state index in [1.54, 1.807) is 0 Å². The molecule has 3 rings (SSSR count). The summed E-state index contributed by atoms with van der Waals surface area (Å²) in [6.07, 6.45) is 2.51. The lowest BCUT2D eigenvalue weighted by molar-refractivity contribution is -0.131. The summed E-state index contributed by atoms with van der Waals surface area (Å²) >= 11 is 5.32. The minimum atomic E-state index is 0.173. The van der Waals surface area contributed by atoms with Crippen LogP contribution in [0.5, 0.6) is 0 Å². The average molecular weight is 390 g/mol. The topological polar surface area (TPSA) is 20.3 Å². The highest BCUT2D eigenvalue weighted by Gasteiger charge is 2.29. The van der Waals surface area contributed by atoms with Crippen LogP contribution in [0.1, 0.15) is 29.3 Å². The van der Waals surface area contributed by atoms with Gasteiger partial charge in [-0.2, -0.15) is 0 Å². The number of amides is 1. The second-order valence-electron chi connectivity index (χ2n) is 5.70. The summed E-state index contributed by atoms with van der Waals surface area (Å²) in [4.78, 5) is 14.6. The maximum atomic E-state index is 12.6. The maximum Gasteiger partial charge on any atom is 0.223 e. The molecule has 2 aromatic rings. The van der Waals surface area contributed by atoms with Gasteiger partial charge < -0.3 is 4.90 Å². The van der Waals surface area contributed by atoms with Gasteiger partial charge in [-0.1, -0.05) is 58.4 Å². The van der Waals surface area contributed by atoms with Crippen molar-refractivity contribution in [2.75, 3.05) is 12.3 Å². The Balaban J connectivity index is 1.56. The molecule has 1 amide bonds. The number of hydrogen-bond acceptors (Lipinski definition) is 2. The van der Waals surface area contributed by atoms with Crippen LogP contribution in [0.15, 0.2) is 59.1 Å². The lowest BCUT2D eigenvalue weighted by Crippen LogP contribution is -2.30. The number of rotatable bonds is 5. The fourth-order valence-corrected chi connectivity index (χ4v) is 4.40. The Labute approximate surface area is 150 Å². The van der Waals surface area contributed by atoms with Crippen LogP contribution in [0.2, 0.25) is 0 Å². The van der Waals surface area contributed by atoms with E-state index in [-0.39, 0.29) is 11.3 Å². The predicted molar refractivity (Wildman–Crippen MR) is 100 cm³/mol. The molecule has 4 heteroatoms. The summed E-state index contributed by atoms with van der Waals surface area (Å²) in [7, 11) is 0. The number of carbonyl (C=O) groups excluding carboxylic acids is 1. The molecule has 0 spiro atoms. The zero-order chi connectivity index (χ0) is 16.1. The van der Waals surface area contributed by atoms with E-state index in [0.717, 1.165) is 29.6 Å². The van der Waals surface area contributed by atoms with Gasteiger partial charge in [0.2, 0.25) is 5.91 Å². The molecule has 120 valence electrons. The lowest BCUT2D eigenvalue weighted by Gasteiger charge is -2.24. The normalized spacial score (nSPS) is 17.4. The van der Waals surface area contributed by atoms with Gasteiger partial charge in [-0.15, -0.1) is 11.8 Å². The zero-order valence-electron chi connectivity index (χ0n) is 13.0. The first kappa shape index (κ1) is 16.6. The Morgan fingerprint density at radius 2 is 1.87 bits per heavy atom. The Morgan fingerprint density at radius 3 is 2.61 bits per heavy atom. The van der Waals surface area contributed by atoms with Crippen molar-refractivity contribution in [1.82, 2.24) is 4.90 Å². The summed E-state index contributed by atoms with van der Waals surface area (Å²) < 4.78 is 1.07. The smallest absolute Gasteiger partial charge is 0.223 e. The number of hydrogen-bond donors (Lipinski definition) is 0. The molecule has 0 radical (unpaired) electrons. The van der Waals surface area contributed by atoms with Gasteiger partial charge >= 0.3 is 0 Å². The highest BCUT2D eigenvalue weighted by Crippen LogP contribution is 2.38. The number of nitrogens with zero attached hydrogens (tertiary/aromatic N) is 1. The number of carbonyl (C=O) groups is 1. The van der Waals surface area contributed by atoms with E-state index < -0.39 is 0 Å². The summed E-state index contributed by atoms with van der Waals surface area (Å²) in [6, 6.07) is 18.7. The summed E-state index contributed by atoms with van der Waals surface area (Å²) in [5.41, 5.74) is 2.52. The molecular weight excluding hydrogens is 370 g/mol. The number of thioether (sulfide) groups is 1. The third-order valence-electron chi connectivity index (χ3n) is 4.07. The molecule has 1 fully saturated rings. The van der Waals surface area contributed by atoms with Gasteiger partial charge in [0.15, 0.2) is 0 Å². The lowest BCUT2D eigenvalue weighted by atomic mass is 10.1. The van der Waals surface area contributed by atoms with Crippen LogP contribution in [0, 0.1) is 0 Å². The minimum Gasteiger partial charge on any atom is -0.326 e. The highest BCUT2D eigenvalue weighted by atomic mass is 79.9. The average Bonchev–Trinajstić information content (AvgIpc) is 3.06. The molecule has 1 unspecified atom stereocenters. The van der Waals surface area contributed by atoms with Crippen LogP contribution in [-0.4, -0.2) is 23.1 Å². The standard InChI is InChI=1S/C19H20BrNOS/c20-17-11-9-16(10-12-17)19-21(13-14-23-19)18(22)8-4-7-15-5-2-1-3-6-15/h1-3,5-6,9-12,19H,4,7-8,13-14H2. The van der Waals surface area contributed by atoms with Crippen LogP contribution in [0.25, 0.3) is 0 Å². The zero-order valence-corrected chi connectivity index (χ0v) is 15.4. The Kier molecular flexibility index (Phi) is 5.79. The maximum absolute atomic E-state index is 12.6. The molecule has 1 saturated heterocycles. The van der Waals surface area contributed by atoms with Crippen molar-refractivity contribution in [2.45, 2.75) is 24.6 Å². The van der Waals surface area contributed by atoms with Crippen molar-refractivity contribution in [3.8, 4) is 0 Å². The molecule has 2 aromatic carbocycles. The first-order valence-electron chi connectivity index (χ1n) is 7.94. The fraction of sp³-hybridized carbons (Fsp3) is 0.316. The molecule has 23 heavy (non-hydrogen) atoms. The van der Waals surface area contributed by atoms with E-state index in [9.17, 15) is 4.79 Å². The first-order chi connectivity index (χ1) is 11.2. The molecule has 1 atom stereocenters. The van der Waals surface area contributed by atoms with Gasteiger partial charge in [-0.25, -0.2) is 0 Å². The summed E-state index contributed by atoms with van der Waals surface area (Å²) in [5.74, 6) is 1.30. The van der Waals surface area contributed by atoms with E-state index in [4.69, 9.17) is 0 Å². The third-order valence-corrected chi connectivity index (χ3v) is 5.85. The van der Waals surface area contributed by atoms with Crippen molar-refractivity contribution >= 4 is 33.6 Å². The number of halogens is 1. The van der Waals surface area contributed by atoms with Crippen LogP contribution in [0.3, 0.4) is 0 Å². The monoisotopic (exact) mass is 389 g/mol. The van der Waals surface area contributed by atoms with Crippen molar-refractivity contribution < 1.29 is 4.79 Å². The van der Waals surface area contributed by atoms with Crippen molar-refractivity contribution in [2.24, 2.45) is 0 Å². The van der Waals surface area contributed by atoms with Gasteiger partial charge in [0.25, 0.3) is 0 Å². The van der Waals surface area contributed by atoms with Crippen LogP contribution in [0.4, 0.5) is 0 Å². The van der Waals surface area contributed by atoms with E-state index in [1.165, 1.54) is 11.1 Å². The molecule has 1 aliphatic rings. The minimum absolute atomic E-state index is 0.173. The second kappa shape index (κ2) is 8.02. The van der Waals surface area contributed by atoms with E-state index in [2.05, 4.69) is 52.3 Å². The van der Waals surface area contributed by atoms with Crippen LogP contribution < -0.4 is 0 Å². The molecule has 0 saturated carbocycles. The Bertz CT molecular complexity index is 644. The Hall–Kier alpha value is -1.26. The van der Waals surface area contributed by atoms with Gasteiger partial charge in [0.05, 0.1) is 0 Å². The van der Waals surface area contributed by atoms with Crippen molar-refractivity contribution in [3.05, 3.63) is 70.2 Å². The van der Waals surface area contributed by atoms with Crippen molar-refractivity contribution in [1.29, 1.82) is 0 Å². The van der Waals surface area contributed by atoms with E-state index >= 15 is 0 Å². The summed E-state index contributed by atoms with van der Waals surface area (Å²) in [6.45, 7) is 0.857. The molecule has 1 aliphatic heterocycles. The van der Waals surface area contributed by atoms with Gasteiger partial charge in [-0.05, 0) is 36.1 Å². The number of benzene rings is 2. The van der Waals surface area contributed by atoms with Gasteiger partial charge in [0.1, 0.15) is 5.37 Å². The van der Waals surface area contributed by atoms with Gasteiger partial charge in [-0.3, -0.25) is 4.79 Å². The van der Waals surface area contributed by atoms with E-state index in [1.807, 2.05) is 34.9 Å². The molecule has 0 aliphatic carbocycles. The molecule has 1 heterocycles. The van der Waals surface area contributed by atoms with Crippen LogP contribution in [-0.2, 0) is 11.2 Å². The van der Waals surface area contributed by atoms with E-state index in [0.29, 0.717) is 6.42 Å². The first-order valence-corrected chi connectivity index (χ1v) is 9.79. The highest BCUT2D eigenvalue weighted by molar-refractivity contribution is 9.10. The SMILES string of the molecule is O=C(CCCc1ccccc1)N1CCSC1c1ccc(Br)cc1. The fourth-order valence-electron chi connectivity index (χ4n) is 2.86.